The molecule has 0 amide bonds. The molecule has 1 aliphatic heterocycles. The third-order valence-corrected chi connectivity index (χ3v) is 4.84. The number of nitrogens with zero attached hydrogens (tertiary/aromatic N) is 3. The number of Topliss-reactive ketones (excluding diaryl/α,β-unsaturated/α-hetero) is 1. The van der Waals surface area contributed by atoms with Gasteiger partial charge in [-0.3, -0.25) is 9.89 Å². The minimum Gasteiger partial charge on any atom is -0.358 e. The van der Waals surface area contributed by atoms with Gasteiger partial charge in [-0.15, -0.1) is 0 Å². The first-order valence-corrected chi connectivity index (χ1v) is 8.39. The van der Waals surface area contributed by atoms with E-state index in [2.05, 4.69) is 31.1 Å². The first kappa shape index (κ1) is 14.9. The Bertz CT molecular complexity index is 901. The van der Waals surface area contributed by atoms with Crippen LogP contribution in [-0.4, -0.2) is 39.0 Å². The van der Waals surface area contributed by atoms with Crippen molar-refractivity contribution in [2.75, 3.05) is 18.0 Å². The van der Waals surface area contributed by atoms with Gasteiger partial charge in [0.25, 0.3) is 0 Å². The zero-order valence-electron chi connectivity index (χ0n) is 14.0. The Morgan fingerprint density at radius 2 is 2.04 bits per heavy atom. The van der Waals surface area contributed by atoms with Gasteiger partial charge in [-0.1, -0.05) is 0 Å². The van der Waals surface area contributed by atoms with Gasteiger partial charge in [-0.05, 0) is 44.4 Å². The summed E-state index contributed by atoms with van der Waals surface area (Å²) in [6, 6.07) is 4.18. The van der Waals surface area contributed by atoms with Crippen molar-refractivity contribution in [3.63, 3.8) is 0 Å². The lowest BCUT2D eigenvalue weighted by atomic mass is 10.1. The number of carbonyl (C=O) groups is 1. The molecule has 1 fully saturated rings. The van der Waals surface area contributed by atoms with E-state index in [1.165, 1.54) is 12.8 Å². The van der Waals surface area contributed by atoms with Crippen LogP contribution in [0.25, 0.3) is 11.0 Å². The molecule has 0 radical (unpaired) electrons. The number of pyridine rings is 1. The molecule has 4 rings (SSSR count). The molecule has 3 aromatic rings. The topological polar surface area (TPSA) is 77.7 Å². The number of nitrogens with one attached hydrogen (secondary N) is 2. The first-order chi connectivity index (χ1) is 11.6. The third-order valence-electron chi connectivity index (χ3n) is 4.84. The largest absolute Gasteiger partial charge is 0.358 e. The minimum atomic E-state index is 0.0216. The molecule has 0 bridgehead atoms. The SMILES string of the molecule is Cc1[nH]nc(C(=O)Cc2cnc3[nH]c(N4CCCC4)cc3c2)c1C. The van der Waals surface area contributed by atoms with E-state index in [0.29, 0.717) is 12.1 Å². The molecule has 124 valence electrons. The molecule has 4 heterocycles. The fourth-order valence-corrected chi connectivity index (χ4v) is 3.30. The number of aromatic amines is 2. The molecule has 1 aliphatic rings. The predicted octanol–water partition coefficient (Wildman–Crippen LogP) is 2.93. The number of hydrogen-bond acceptors (Lipinski definition) is 4. The van der Waals surface area contributed by atoms with Gasteiger partial charge in [-0.25, -0.2) is 4.98 Å². The van der Waals surface area contributed by atoms with Crippen LogP contribution in [0, 0.1) is 13.8 Å². The molecule has 6 nitrogen and oxygen atoms in total. The average molecular weight is 323 g/mol. The lowest BCUT2D eigenvalue weighted by molar-refractivity contribution is 0.0987. The summed E-state index contributed by atoms with van der Waals surface area (Å²) in [6.45, 7) is 6.03. The number of rotatable bonds is 4. The number of aromatic nitrogens is 4. The summed E-state index contributed by atoms with van der Waals surface area (Å²) < 4.78 is 0. The van der Waals surface area contributed by atoms with Gasteiger partial charge < -0.3 is 9.88 Å². The zero-order valence-corrected chi connectivity index (χ0v) is 14.0. The van der Waals surface area contributed by atoms with E-state index in [-0.39, 0.29) is 5.78 Å². The van der Waals surface area contributed by atoms with E-state index in [4.69, 9.17) is 0 Å². The van der Waals surface area contributed by atoms with Crippen LogP contribution in [0.3, 0.4) is 0 Å². The smallest absolute Gasteiger partial charge is 0.187 e. The fraction of sp³-hybridized carbons (Fsp3) is 0.389. The number of aryl methyl sites for hydroxylation is 1. The van der Waals surface area contributed by atoms with Crippen molar-refractivity contribution in [2.24, 2.45) is 0 Å². The Kier molecular flexibility index (Phi) is 3.59. The highest BCUT2D eigenvalue weighted by molar-refractivity contribution is 5.97. The van der Waals surface area contributed by atoms with E-state index in [9.17, 15) is 4.79 Å². The van der Waals surface area contributed by atoms with Gasteiger partial charge in [0, 0.05) is 42.4 Å². The highest BCUT2D eigenvalue weighted by Gasteiger charge is 2.17. The Labute approximate surface area is 140 Å². The molecule has 1 saturated heterocycles. The summed E-state index contributed by atoms with van der Waals surface area (Å²) in [5.74, 6) is 1.14. The molecule has 0 aliphatic carbocycles. The molecule has 6 heteroatoms. The van der Waals surface area contributed by atoms with Gasteiger partial charge in [0.05, 0.1) is 0 Å². The molecule has 0 spiro atoms. The second kappa shape index (κ2) is 5.78. The highest BCUT2D eigenvalue weighted by Crippen LogP contribution is 2.24. The van der Waals surface area contributed by atoms with Gasteiger partial charge >= 0.3 is 0 Å². The molecule has 0 saturated carbocycles. The lowest BCUT2D eigenvalue weighted by Crippen LogP contribution is -2.17. The maximum atomic E-state index is 12.5. The molecule has 3 aromatic heterocycles. The average Bonchev–Trinajstić information content (AvgIpc) is 3.28. The van der Waals surface area contributed by atoms with Crippen LogP contribution in [0.5, 0.6) is 0 Å². The molecule has 24 heavy (non-hydrogen) atoms. The van der Waals surface area contributed by atoms with Crippen LogP contribution in [-0.2, 0) is 6.42 Å². The number of H-pyrrole nitrogens is 2. The second-order valence-corrected chi connectivity index (χ2v) is 6.55. The number of hydrogen-bond donors (Lipinski definition) is 2. The standard InChI is InChI=1S/C18H21N5O/c1-11-12(2)21-22-17(11)15(24)8-13-7-14-9-16(20-18(14)19-10-13)23-5-3-4-6-23/h7,9-10H,3-6,8H2,1-2H3,(H,19,20)(H,21,22). The van der Waals surface area contributed by atoms with Crippen LogP contribution >= 0.6 is 0 Å². The van der Waals surface area contributed by atoms with Crippen LogP contribution in [0.2, 0.25) is 0 Å². The number of carbonyl (C=O) groups excluding carboxylic acids is 1. The van der Waals surface area contributed by atoms with E-state index in [0.717, 1.165) is 46.8 Å². The van der Waals surface area contributed by atoms with Crippen molar-refractivity contribution in [3.8, 4) is 0 Å². The quantitative estimate of drug-likeness (QED) is 0.724. The van der Waals surface area contributed by atoms with E-state index in [1.807, 2.05) is 19.9 Å². The van der Waals surface area contributed by atoms with Crippen molar-refractivity contribution in [2.45, 2.75) is 33.1 Å². The maximum Gasteiger partial charge on any atom is 0.187 e. The fourth-order valence-electron chi connectivity index (χ4n) is 3.30. The summed E-state index contributed by atoms with van der Waals surface area (Å²) in [6.07, 6.45) is 4.58. The van der Waals surface area contributed by atoms with E-state index >= 15 is 0 Å². The van der Waals surface area contributed by atoms with Crippen molar-refractivity contribution < 1.29 is 4.79 Å². The molecule has 2 N–H and O–H groups in total. The summed E-state index contributed by atoms with van der Waals surface area (Å²) >= 11 is 0. The Hall–Kier alpha value is -2.63. The Morgan fingerprint density at radius 3 is 2.75 bits per heavy atom. The number of fused-ring (bicyclic) bond motifs is 1. The van der Waals surface area contributed by atoms with Gasteiger partial charge in [0.1, 0.15) is 17.2 Å². The summed E-state index contributed by atoms with van der Waals surface area (Å²) in [4.78, 5) is 22.7. The van der Waals surface area contributed by atoms with Crippen LogP contribution in [0.4, 0.5) is 5.82 Å². The summed E-state index contributed by atoms with van der Waals surface area (Å²) in [5.41, 5.74) is 4.18. The third kappa shape index (κ3) is 2.58. The van der Waals surface area contributed by atoms with E-state index in [1.54, 1.807) is 6.20 Å². The summed E-state index contributed by atoms with van der Waals surface area (Å²) in [5, 5.41) is 8.05. The minimum absolute atomic E-state index is 0.0216. The molecule has 0 aromatic carbocycles. The van der Waals surface area contributed by atoms with Crippen LogP contribution in [0.15, 0.2) is 18.3 Å². The Balaban J connectivity index is 1.58. The molecule has 0 unspecified atom stereocenters. The molecular formula is C18H21N5O. The highest BCUT2D eigenvalue weighted by atomic mass is 16.1. The molecule has 0 atom stereocenters. The summed E-state index contributed by atoms with van der Waals surface area (Å²) in [7, 11) is 0. The van der Waals surface area contributed by atoms with Crippen LogP contribution < -0.4 is 4.90 Å². The van der Waals surface area contributed by atoms with Crippen LogP contribution in [0.1, 0.15) is 40.2 Å². The van der Waals surface area contributed by atoms with E-state index < -0.39 is 0 Å². The van der Waals surface area contributed by atoms with Gasteiger partial charge in [0.15, 0.2) is 5.78 Å². The second-order valence-electron chi connectivity index (χ2n) is 6.55. The van der Waals surface area contributed by atoms with Crippen molar-refractivity contribution >= 4 is 22.6 Å². The number of ketones is 1. The predicted molar refractivity (Wildman–Crippen MR) is 93.6 cm³/mol. The number of anilines is 1. The maximum absolute atomic E-state index is 12.5. The zero-order chi connectivity index (χ0) is 16.7. The Morgan fingerprint density at radius 1 is 1.25 bits per heavy atom. The van der Waals surface area contributed by atoms with Crippen molar-refractivity contribution in [1.29, 1.82) is 0 Å². The van der Waals surface area contributed by atoms with Crippen molar-refractivity contribution in [3.05, 3.63) is 40.8 Å². The first-order valence-electron chi connectivity index (χ1n) is 8.39. The monoisotopic (exact) mass is 323 g/mol. The van der Waals surface area contributed by atoms with Gasteiger partial charge in [0.2, 0.25) is 0 Å². The lowest BCUT2D eigenvalue weighted by Gasteiger charge is -2.13. The van der Waals surface area contributed by atoms with Gasteiger partial charge in [-0.2, -0.15) is 5.10 Å². The normalized spacial score (nSPS) is 14.7. The molecular weight excluding hydrogens is 302 g/mol. The van der Waals surface area contributed by atoms with Crippen molar-refractivity contribution in [1.82, 2.24) is 20.2 Å².